The number of nitrogens with one attached hydrogen (secondary N) is 2. The van der Waals surface area contributed by atoms with E-state index in [0.29, 0.717) is 28.8 Å². The van der Waals surface area contributed by atoms with Crippen molar-refractivity contribution in [1.29, 1.82) is 0 Å². The highest BCUT2D eigenvalue weighted by molar-refractivity contribution is 9.10. The van der Waals surface area contributed by atoms with Gasteiger partial charge in [-0.2, -0.15) is 0 Å². The molecule has 3 aromatic rings. The number of fused-ring (bicyclic) bond motifs is 1. The van der Waals surface area contributed by atoms with Crippen LogP contribution in [-0.4, -0.2) is 18.0 Å². The maximum absolute atomic E-state index is 13.5. The van der Waals surface area contributed by atoms with Crippen LogP contribution < -0.4 is 10.1 Å². The summed E-state index contributed by atoms with van der Waals surface area (Å²) in [5.74, 6) is -0.248. The van der Waals surface area contributed by atoms with Crippen molar-refractivity contribution in [1.82, 2.24) is 4.98 Å². The molecule has 1 aromatic heterocycles. The van der Waals surface area contributed by atoms with E-state index in [1.165, 1.54) is 19.2 Å². The molecule has 24 heavy (non-hydrogen) atoms. The van der Waals surface area contributed by atoms with E-state index in [1.807, 2.05) is 30.5 Å². The third kappa shape index (κ3) is 3.43. The number of carbonyl (C=O) groups is 1. The number of aryl methyl sites for hydroxylation is 1. The molecular weight excluding hydrogens is 375 g/mol. The molecule has 3 rings (SSSR count). The number of aromatic nitrogens is 1. The zero-order valence-electron chi connectivity index (χ0n) is 13.0. The molecule has 2 aromatic carbocycles. The molecule has 2 N–H and O–H groups in total. The van der Waals surface area contributed by atoms with Gasteiger partial charge in [-0.15, -0.1) is 0 Å². The van der Waals surface area contributed by atoms with E-state index in [4.69, 9.17) is 4.74 Å². The van der Waals surface area contributed by atoms with Crippen LogP contribution in [0.15, 0.2) is 47.1 Å². The maximum atomic E-state index is 13.5. The highest BCUT2D eigenvalue weighted by Crippen LogP contribution is 2.34. The van der Waals surface area contributed by atoms with Crippen LogP contribution in [0.25, 0.3) is 10.9 Å². The Hall–Kier alpha value is -2.34. The number of para-hydroxylation sites is 1. The molecule has 4 nitrogen and oxygen atoms in total. The number of methoxy groups -OCH3 is 1. The number of hydrogen-bond donors (Lipinski definition) is 2. The number of carbonyl (C=O) groups excluding carboxylic acids is 1. The van der Waals surface area contributed by atoms with Crippen LogP contribution in [0.3, 0.4) is 0 Å². The number of H-pyrrole nitrogens is 1. The first-order valence-corrected chi connectivity index (χ1v) is 8.25. The summed E-state index contributed by atoms with van der Waals surface area (Å²) in [4.78, 5) is 15.4. The maximum Gasteiger partial charge on any atom is 0.224 e. The third-order valence-electron chi connectivity index (χ3n) is 3.78. The monoisotopic (exact) mass is 390 g/mol. The number of hydrogen-bond acceptors (Lipinski definition) is 2. The molecule has 0 aliphatic rings. The molecule has 0 unspecified atom stereocenters. The van der Waals surface area contributed by atoms with E-state index in [2.05, 4.69) is 26.2 Å². The molecule has 0 aliphatic heterocycles. The summed E-state index contributed by atoms with van der Waals surface area (Å²) < 4.78 is 19.2. The Labute approximate surface area is 147 Å². The predicted octanol–water partition coefficient (Wildman–Crippen LogP) is 4.65. The van der Waals surface area contributed by atoms with Gasteiger partial charge in [0.15, 0.2) is 5.75 Å². The van der Waals surface area contributed by atoms with E-state index < -0.39 is 5.82 Å². The largest absolute Gasteiger partial charge is 0.493 e. The third-order valence-corrected chi connectivity index (χ3v) is 4.37. The second-order valence-corrected chi connectivity index (χ2v) is 6.23. The van der Waals surface area contributed by atoms with Gasteiger partial charge in [0.05, 0.1) is 17.3 Å². The molecule has 0 spiro atoms. The van der Waals surface area contributed by atoms with Gasteiger partial charge in [-0.3, -0.25) is 4.79 Å². The van der Waals surface area contributed by atoms with Gasteiger partial charge in [0.2, 0.25) is 5.91 Å². The first-order chi connectivity index (χ1) is 11.6. The Kier molecular flexibility index (Phi) is 4.85. The first-order valence-electron chi connectivity index (χ1n) is 7.46. The summed E-state index contributed by atoms with van der Waals surface area (Å²) in [6.07, 6.45) is 2.80. The minimum Gasteiger partial charge on any atom is -0.493 e. The molecule has 0 atom stereocenters. The predicted molar refractivity (Wildman–Crippen MR) is 95.9 cm³/mol. The van der Waals surface area contributed by atoms with E-state index in [9.17, 15) is 9.18 Å². The van der Waals surface area contributed by atoms with Crippen molar-refractivity contribution in [3.63, 3.8) is 0 Å². The number of aromatic amines is 1. The molecule has 6 heteroatoms. The fraction of sp³-hybridized carbons (Fsp3) is 0.167. The summed E-state index contributed by atoms with van der Waals surface area (Å²) in [5.41, 5.74) is 2.44. The second kappa shape index (κ2) is 7.05. The summed E-state index contributed by atoms with van der Waals surface area (Å²) in [6, 6.07) is 10.5. The summed E-state index contributed by atoms with van der Waals surface area (Å²) >= 11 is 3.23. The molecule has 124 valence electrons. The Balaban J connectivity index is 1.70. The molecule has 0 radical (unpaired) electrons. The summed E-state index contributed by atoms with van der Waals surface area (Å²) in [5, 5.41) is 3.82. The molecule has 1 heterocycles. The SMILES string of the molecule is COc1c(Br)cc(F)cc1NC(=O)CCc1c[nH]c2ccccc12. The van der Waals surface area contributed by atoms with Crippen molar-refractivity contribution in [3.8, 4) is 5.75 Å². The lowest BCUT2D eigenvalue weighted by molar-refractivity contribution is -0.116. The van der Waals surface area contributed by atoms with Gasteiger partial charge in [-0.05, 0) is 40.0 Å². The topological polar surface area (TPSA) is 54.1 Å². The number of benzene rings is 2. The second-order valence-electron chi connectivity index (χ2n) is 5.38. The fourth-order valence-electron chi connectivity index (χ4n) is 2.66. The van der Waals surface area contributed by atoms with E-state index in [0.717, 1.165) is 16.5 Å². The lowest BCUT2D eigenvalue weighted by Crippen LogP contribution is -2.13. The van der Waals surface area contributed by atoms with E-state index >= 15 is 0 Å². The van der Waals surface area contributed by atoms with Crippen LogP contribution in [0, 0.1) is 5.82 Å². The number of ether oxygens (including phenoxy) is 1. The van der Waals surface area contributed by atoms with Crippen molar-refractivity contribution in [2.45, 2.75) is 12.8 Å². The number of amides is 1. The van der Waals surface area contributed by atoms with Crippen LogP contribution in [0.1, 0.15) is 12.0 Å². The normalized spacial score (nSPS) is 10.8. The van der Waals surface area contributed by atoms with Crippen LogP contribution in [0.2, 0.25) is 0 Å². The standard InChI is InChI=1S/C18H16BrFN2O2/c1-24-18-14(19)8-12(20)9-16(18)22-17(23)7-6-11-10-21-15-5-3-2-4-13(11)15/h2-5,8-10,21H,6-7H2,1H3,(H,22,23). The van der Waals surface area contributed by atoms with Crippen LogP contribution in [-0.2, 0) is 11.2 Å². The lowest BCUT2D eigenvalue weighted by Gasteiger charge is -2.12. The molecule has 0 aliphatic carbocycles. The van der Waals surface area contributed by atoms with Gasteiger partial charge >= 0.3 is 0 Å². The molecule has 1 amide bonds. The molecule has 0 fully saturated rings. The minimum atomic E-state index is -0.449. The highest BCUT2D eigenvalue weighted by atomic mass is 79.9. The Morgan fingerprint density at radius 2 is 2.12 bits per heavy atom. The minimum absolute atomic E-state index is 0.198. The van der Waals surface area contributed by atoms with Crippen LogP contribution in [0.5, 0.6) is 5.75 Å². The van der Waals surface area contributed by atoms with Crippen molar-refractivity contribution in [2.24, 2.45) is 0 Å². The zero-order chi connectivity index (χ0) is 17.1. The van der Waals surface area contributed by atoms with Gasteiger partial charge in [-0.25, -0.2) is 4.39 Å². The molecular formula is C18H16BrFN2O2. The van der Waals surface area contributed by atoms with Gasteiger partial charge < -0.3 is 15.0 Å². The van der Waals surface area contributed by atoms with Crippen LogP contribution in [0.4, 0.5) is 10.1 Å². The van der Waals surface area contributed by atoms with Crippen molar-refractivity contribution in [3.05, 3.63) is 58.4 Å². The van der Waals surface area contributed by atoms with E-state index in [-0.39, 0.29) is 5.91 Å². The van der Waals surface area contributed by atoms with Gasteiger partial charge in [0, 0.05) is 29.6 Å². The average molecular weight is 391 g/mol. The Bertz CT molecular complexity index is 892. The summed E-state index contributed by atoms with van der Waals surface area (Å²) in [6.45, 7) is 0. The van der Waals surface area contributed by atoms with Crippen LogP contribution >= 0.6 is 15.9 Å². The van der Waals surface area contributed by atoms with Crippen molar-refractivity contribution >= 4 is 38.4 Å². The lowest BCUT2D eigenvalue weighted by atomic mass is 10.1. The number of halogens is 2. The van der Waals surface area contributed by atoms with Gasteiger partial charge in [-0.1, -0.05) is 18.2 Å². The number of anilines is 1. The van der Waals surface area contributed by atoms with Gasteiger partial charge in [0.25, 0.3) is 0 Å². The number of rotatable bonds is 5. The Morgan fingerprint density at radius 3 is 2.92 bits per heavy atom. The zero-order valence-corrected chi connectivity index (χ0v) is 14.6. The molecule has 0 saturated carbocycles. The van der Waals surface area contributed by atoms with Crippen molar-refractivity contribution < 1.29 is 13.9 Å². The van der Waals surface area contributed by atoms with Crippen molar-refractivity contribution in [2.75, 3.05) is 12.4 Å². The fourth-order valence-corrected chi connectivity index (χ4v) is 3.25. The van der Waals surface area contributed by atoms with Gasteiger partial charge in [0.1, 0.15) is 5.82 Å². The first kappa shape index (κ1) is 16.5. The smallest absolute Gasteiger partial charge is 0.224 e. The molecule has 0 bridgehead atoms. The average Bonchev–Trinajstić information content (AvgIpc) is 2.96. The Morgan fingerprint density at radius 1 is 1.33 bits per heavy atom. The molecule has 0 saturated heterocycles. The summed E-state index contributed by atoms with van der Waals surface area (Å²) in [7, 11) is 1.47. The van der Waals surface area contributed by atoms with E-state index in [1.54, 1.807) is 0 Å². The quantitative estimate of drug-likeness (QED) is 0.665. The highest BCUT2D eigenvalue weighted by Gasteiger charge is 2.13.